The maximum absolute atomic E-state index is 10.1. The molecule has 6 heteroatoms. The second-order valence-corrected chi connectivity index (χ2v) is 7.90. The van der Waals surface area contributed by atoms with Crippen LogP contribution < -0.4 is 10.6 Å². The molecule has 1 aliphatic carbocycles. The standard InChI is InChI=1S/C22H36N4O2/c1-2-23-22(24-14-20(27)17-28-16-18-10-11-18)25-15-21(26-12-6-7-13-26)19-8-4-3-5-9-19/h3-5,8-9,18,20-21,27H,2,6-7,10-17H2,1H3,(H2,23,24,25). The predicted octanol–water partition coefficient (Wildman–Crippen LogP) is 2.17. The third-order valence-corrected chi connectivity index (χ3v) is 5.39. The number of aliphatic hydroxyl groups is 1. The van der Waals surface area contributed by atoms with Crippen LogP contribution in [0.4, 0.5) is 0 Å². The summed E-state index contributed by atoms with van der Waals surface area (Å²) in [5.41, 5.74) is 1.33. The smallest absolute Gasteiger partial charge is 0.191 e. The zero-order valence-electron chi connectivity index (χ0n) is 17.1. The van der Waals surface area contributed by atoms with Crippen LogP contribution >= 0.6 is 0 Å². The van der Waals surface area contributed by atoms with Gasteiger partial charge in [0.15, 0.2) is 5.96 Å². The van der Waals surface area contributed by atoms with Gasteiger partial charge in [-0.1, -0.05) is 30.3 Å². The van der Waals surface area contributed by atoms with Gasteiger partial charge in [-0.3, -0.25) is 9.89 Å². The van der Waals surface area contributed by atoms with Crippen LogP contribution in [0.1, 0.15) is 44.2 Å². The SMILES string of the molecule is CCNC(=NCC(O)COCC1CC1)NCC(c1ccccc1)N1CCCC1. The molecule has 1 saturated heterocycles. The van der Waals surface area contributed by atoms with Crippen LogP contribution in [0.5, 0.6) is 0 Å². The van der Waals surface area contributed by atoms with Gasteiger partial charge in [0.2, 0.25) is 0 Å². The summed E-state index contributed by atoms with van der Waals surface area (Å²) >= 11 is 0. The third-order valence-electron chi connectivity index (χ3n) is 5.39. The summed E-state index contributed by atoms with van der Waals surface area (Å²) in [6, 6.07) is 11.0. The highest BCUT2D eigenvalue weighted by atomic mass is 16.5. The third kappa shape index (κ3) is 7.08. The molecule has 0 radical (unpaired) electrons. The average Bonchev–Trinajstić information content (AvgIpc) is 3.38. The molecule has 6 nitrogen and oxygen atoms in total. The number of aliphatic hydroxyl groups excluding tert-OH is 1. The first-order chi connectivity index (χ1) is 13.8. The Morgan fingerprint density at radius 2 is 1.96 bits per heavy atom. The van der Waals surface area contributed by atoms with E-state index in [4.69, 9.17) is 4.74 Å². The van der Waals surface area contributed by atoms with Crippen LogP contribution in [-0.4, -0.2) is 68.0 Å². The van der Waals surface area contributed by atoms with Crippen molar-refractivity contribution in [2.24, 2.45) is 10.9 Å². The lowest BCUT2D eigenvalue weighted by Crippen LogP contribution is -2.43. The number of rotatable bonds is 11. The summed E-state index contributed by atoms with van der Waals surface area (Å²) < 4.78 is 5.57. The van der Waals surface area contributed by atoms with Crippen molar-refractivity contribution in [3.05, 3.63) is 35.9 Å². The number of benzene rings is 1. The maximum atomic E-state index is 10.1. The van der Waals surface area contributed by atoms with Crippen molar-refractivity contribution in [3.8, 4) is 0 Å². The van der Waals surface area contributed by atoms with E-state index in [0.717, 1.165) is 44.7 Å². The molecule has 2 fully saturated rings. The highest BCUT2D eigenvalue weighted by Gasteiger charge is 2.24. The second-order valence-electron chi connectivity index (χ2n) is 7.90. The number of guanidine groups is 1. The molecular formula is C22H36N4O2. The molecule has 1 aromatic rings. The lowest BCUT2D eigenvalue weighted by atomic mass is 10.1. The molecule has 3 N–H and O–H groups in total. The molecule has 1 aliphatic heterocycles. The molecule has 1 saturated carbocycles. The first-order valence-electron chi connectivity index (χ1n) is 10.8. The molecule has 1 heterocycles. The average molecular weight is 389 g/mol. The maximum Gasteiger partial charge on any atom is 0.191 e. The van der Waals surface area contributed by atoms with Crippen LogP contribution in [-0.2, 0) is 4.74 Å². The molecule has 3 rings (SSSR count). The number of ether oxygens (including phenoxy) is 1. The quantitative estimate of drug-likeness (QED) is 0.400. The van der Waals surface area contributed by atoms with Gasteiger partial charge >= 0.3 is 0 Å². The Bertz CT molecular complexity index is 585. The summed E-state index contributed by atoms with van der Waals surface area (Å²) in [5.74, 6) is 1.47. The van der Waals surface area contributed by atoms with E-state index in [1.54, 1.807) is 0 Å². The lowest BCUT2D eigenvalue weighted by Gasteiger charge is -2.29. The highest BCUT2D eigenvalue weighted by molar-refractivity contribution is 5.79. The van der Waals surface area contributed by atoms with E-state index in [-0.39, 0.29) is 0 Å². The first kappa shape index (κ1) is 21.1. The number of aliphatic imine (C=N–C) groups is 1. The van der Waals surface area contributed by atoms with E-state index < -0.39 is 6.10 Å². The van der Waals surface area contributed by atoms with Gasteiger partial charge in [-0.2, -0.15) is 0 Å². The van der Waals surface area contributed by atoms with Gasteiger partial charge in [0, 0.05) is 19.7 Å². The number of nitrogens with one attached hydrogen (secondary N) is 2. The Labute approximate surface area is 169 Å². The summed E-state index contributed by atoms with van der Waals surface area (Å²) in [6.45, 7) is 7.41. The van der Waals surface area contributed by atoms with E-state index in [0.29, 0.717) is 19.2 Å². The topological polar surface area (TPSA) is 69.1 Å². The van der Waals surface area contributed by atoms with Crippen LogP contribution in [0, 0.1) is 5.92 Å². The molecule has 2 aliphatic rings. The van der Waals surface area contributed by atoms with Crippen LogP contribution in [0.3, 0.4) is 0 Å². The van der Waals surface area contributed by atoms with E-state index in [9.17, 15) is 5.11 Å². The number of hydrogen-bond acceptors (Lipinski definition) is 4. The molecule has 2 unspecified atom stereocenters. The number of hydrogen-bond donors (Lipinski definition) is 3. The van der Waals surface area contributed by atoms with Crippen LogP contribution in [0.15, 0.2) is 35.3 Å². The van der Waals surface area contributed by atoms with Gasteiger partial charge in [-0.05, 0) is 57.2 Å². The molecule has 0 amide bonds. The van der Waals surface area contributed by atoms with Gasteiger partial charge in [0.25, 0.3) is 0 Å². The summed E-state index contributed by atoms with van der Waals surface area (Å²) in [7, 11) is 0. The van der Waals surface area contributed by atoms with Crippen molar-refractivity contribution in [2.75, 3.05) is 45.9 Å². The van der Waals surface area contributed by atoms with Crippen molar-refractivity contribution in [2.45, 2.75) is 44.8 Å². The predicted molar refractivity (Wildman–Crippen MR) is 114 cm³/mol. The molecule has 0 bridgehead atoms. The Hall–Kier alpha value is -1.63. The van der Waals surface area contributed by atoms with Crippen LogP contribution in [0.25, 0.3) is 0 Å². The van der Waals surface area contributed by atoms with E-state index in [1.165, 1.54) is 31.2 Å². The van der Waals surface area contributed by atoms with Gasteiger partial charge in [0.05, 0.1) is 25.3 Å². The van der Waals surface area contributed by atoms with Gasteiger partial charge < -0.3 is 20.5 Å². The second kappa shape index (κ2) is 11.4. The fraction of sp³-hybridized carbons (Fsp3) is 0.682. The van der Waals surface area contributed by atoms with E-state index in [1.807, 2.05) is 0 Å². The van der Waals surface area contributed by atoms with Crippen molar-refractivity contribution < 1.29 is 9.84 Å². The molecule has 0 spiro atoms. The van der Waals surface area contributed by atoms with Crippen LogP contribution in [0.2, 0.25) is 0 Å². The molecule has 1 aromatic carbocycles. The normalized spacial score (nSPS) is 20.1. The van der Waals surface area contributed by atoms with Gasteiger partial charge in [-0.25, -0.2) is 0 Å². The van der Waals surface area contributed by atoms with Gasteiger partial charge in [-0.15, -0.1) is 0 Å². The molecule has 0 aromatic heterocycles. The zero-order valence-corrected chi connectivity index (χ0v) is 17.1. The minimum atomic E-state index is -0.558. The number of likely N-dealkylation sites (tertiary alicyclic amines) is 1. The molecule has 2 atom stereocenters. The van der Waals surface area contributed by atoms with Crippen molar-refractivity contribution in [3.63, 3.8) is 0 Å². The Balaban J connectivity index is 1.51. The summed E-state index contributed by atoms with van der Waals surface area (Å²) in [6.07, 6.45) is 4.51. The van der Waals surface area contributed by atoms with Crippen molar-refractivity contribution in [1.29, 1.82) is 0 Å². The highest BCUT2D eigenvalue weighted by Crippen LogP contribution is 2.28. The fourth-order valence-corrected chi connectivity index (χ4v) is 3.63. The zero-order chi connectivity index (χ0) is 19.6. The van der Waals surface area contributed by atoms with Crippen molar-refractivity contribution in [1.82, 2.24) is 15.5 Å². The monoisotopic (exact) mass is 388 g/mol. The largest absolute Gasteiger partial charge is 0.389 e. The van der Waals surface area contributed by atoms with E-state index >= 15 is 0 Å². The Kier molecular flexibility index (Phi) is 8.58. The first-order valence-corrected chi connectivity index (χ1v) is 10.8. The summed E-state index contributed by atoms with van der Waals surface area (Å²) in [5, 5.41) is 16.9. The lowest BCUT2D eigenvalue weighted by molar-refractivity contribution is 0.0368. The summed E-state index contributed by atoms with van der Waals surface area (Å²) in [4.78, 5) is 7.11. The van der Waals surface area contributed by atoms with Crippen molar-refractivity contribution >= 4 is 5.96 Å². The Morgan fingerprint density at radius 1 is 1.21 bits per heavy atom. The fourth-order valence-electron chi connectivity index (χ4n) is 3.63. The minimum absolute atomic E-state index is 0.333. The molecular weight excluding hydrogens is 352 g/mol. The molecule has 28 heavy (non-hydrogen) atoms. The minimum Gasteiger partial charge on any atom is -0.389 e. The number of nitrogens with zero attached hydrogens (tertiary/aromatic N) is 2. The molecule has 156 valence electrons. The van der Waals surface area contributed by atoms with E-state index in [2.05, 4.69) is 57.8 Å². The van der Waals surface area contributed by atoms with Gasteiger partial charge in [0.1, 0.15) is 0 Å². The Morgan fingerprint density at radius 3 is 2.64 bits per heavy atom.